The van der Waals surface area contributed by atoms with Gasteiger partial charge < -0.3 is 18.9 Å². The van der Waals surface area contributed by atoms with Gasteiger partial charge in [0.25, 0.3) is 5.56 Å². The number of hydrogen-bond acceptors (Lipinski definition) is 8. The molecule has 3 aromatic carbocycles. The van der Waals surface area contributed by atoms with Crippen molar-refractivity contribution < 1.29 is 28.1 Å². The maximum atomic E-state index is 14.1. The molecular weight excluding hydrogens is 675 g/mol. The van der Waals surface area contributed by atoms with Crippen LogP contribution >= 0.6 is 38.9 Å². The highest BCUT2D eigenvalue weighted by Gasteiger charge is 2.31. The van der Waals surface area contributed by atoms with E-state index in [-0.39, 0.29) is 28.6 Å². The van der Waals surface area contributed by atoms with E-state index in [0.717, 1.165) is 0 Å². The van der Waals surface area contributed by atoms with Crippen molar-refractivity contribution in [2.24, 2.45) is 4.99 Å². The number of esters is 1. The second-order valence-corrected chi connectivity index (χ2v) is 11.7. The number of hydrogen-bond donors (Lipinski definition) is 0. The van der Waals surface area contributed by atoms with Gasteiger partial charge in [0, 0.05) is 11.8 Å². The van der Waals surface area contributed by atoms with Crippen LogP contribution in [0.1, 0.15) is 36.6 Å². The predicted octanol–water partition coefficient (Wildman–Crippen LogP) is 5.95. The van der Waals surface area contributed by atoms with Crippen molar-refractivity contribution in [3.8, 4) is 17.2 Å². The van der Waals surface area contributed by atoms with Gasteiger partial charge in [0.15, 0.2) is 22.0 Å². The molecule has 0 amide bonds. The molecule has 1 aliphatic heterocycles. The standard InChI is InChI=1S/C32H27BrClFN2O6S/c1-4-41-25-11-10-19(15-26(25)42-5-2)28-21(31(39)40-3)16-36-32-37(28)30(38)27(44-32)14-18-12-22(33)29(23(34)13-18)43-17-20-8-6-7-9-24(20)35/h6-16,28H,4-5,17H2,1-3H3/b27-14-/t28-/m1/s1. The van der Waals surface area contributed by atoms with Crippen LogP contribution in [0.3, 0.4) is 0 Å². The fourth-order valence-electron chi connectivity index (χ4n) is 4.70. The van der Waals surface area contributed by atoms with Gasteiger partial charge in [-0.05, 0) is 77.3 Å². The summed E-state index contributed by atoms with van der Waals surface area (Å²) in [4.78, 5) is 31.6. The second kappa shape index (κ2) is 13.8. The Morgan fingerprint density at radius 2 is 1.84 bits per heavy atom. The molecule has 0 fully saturated rings. The molecule has 0 spiro atoms. The normalized spacial score (nSPS) is 14.4. The Morgan fingerprint density at radius 3 is 2.55 bits per heavy atom. The third-order valence-electron chi connectivity index (χ3n) is 6.66. The number of benzene rings is 3. The molecule has 0 saturated carbocycles. The first-order chi connectivity index (χ1) is 21.2. The van der Waals surface area contributed by atoms with E-state index in [2.05, 4.69) is 20.9 Å². The molecule has 0 bridgehead atoms. The maximum absolute atomic E-state index is 14.1. The molecule has 0 saturated heterocycles. The summed E-state index contributed by atoms with van der Waals surface area (Å²) < 4.78 is 38.8. The summed E-state index contributed by atoms with van der Waals surface area (Å²) in [6.07, 6.45) is 3.11. The Bertz CT molecular complexity index is 1920. The summed E-state index contributed by atoms with van der Waals surface area (Å²) in [5.41, 5.74) is 1.47. The lowest BCUT2D eigenvalue weighted by molar-refractivity contribution is -0.136. The molecule has 8 nitrogen and oxygen atoms in total. The average molecular weight is 702 g/mol. The zero-order chi connectivity index (χ0) is 31.4. The molecule has 5 rings (SSSR count). The Hall–Kier alpha value is -3.93. The molecule has 0 unspecified atom stereocenters. The third-order valence-corrected chi connectivity index (χ3v) is 8.52. The number of carbonyl (C=O) groups excluding carboxylic acids is 1. The van der Waals surface area contributed by atoms with Gasteiger partial charge in [0.1, 0.15) is 12.4 Å². The number of methoxy groups -OCH3 is 1. The van der Waals surface area contributed by atoms with Crippen LogP contribution in [0.25, 0.3) is 6.08 Å². The second-order valence-electron chi connectivity index (χ2n) is 9.44. The lowest BCUT2D eigenvalue weighted by Gasteiger charge is -2.23. The molecule has 228 valence electrons. The molecule has 44 heavy (non-hydrogen) atoms. The fourth-order valence-corrected chi connectivity index (χ4v) is 6.66. The maximum Gasteiger partial charge on any atom is 0.337 e. The molecule has 0 radical (unpaired) electrons. The highest BCUT2D eigenvalue weighted by atomic mass is 79.9. The minimum Gasteiger partial charge on any atom is -0.490 e. The number of aromatic nitrogens is 1. The van der Waals surface area contributed by atoms with Crippen LogP contribution in [0.2, 0.25) is 5.02 Å². The number of ether oxygens (including phenoxy) is 4. The molecule has 0 aliphatic carbocycles. The van der Waals surface area contributed by atoms with Crippen LogP contribution in [0.4, 0.5) is 4.39 Å². The third kappa shape index (κ3) is 6.45. The topological polar surface area (TPSA) is 88.4 Å². The minimum atomic E-state index is -0.819. The lowest BCUT2D eigenvalue weighted by Crippen LogP contribution is -2.39. The van der Waals surface area contributed by atoms with Gasteiger partial charge in [-0.3, -0.25) is 9.36 Å². The van der Waals surface area contributed by atoms with Crippen LogP contribution in [-0.2, 0) is 16.1 Å². The smallest absolute Gasteiger partial charge is 0.337 e. The van der Waals surface area contributed by atoms with Gasteiger partial charge in [0.05, 0.1) is 46.0 Å². The van der Waals surface area contributed by atoms with Crippen molar-refractivity contribution in [2.75, 3.05) is 20.3 Å². The molecule has 1 atom stereocenters. The summed E-state index contributed by atoms with van der Waals surface area (Å²) in [5, 5.41) is 0.276. The van der Waals surface area contributed by atoms with Crippen molar-refractivity contribution in [1.82, 2.24) is 4.57 Å². The van der Waals surface area contributed by atoms with E-state index in [9.17, 15) is 14.0 Å². The van der Waals surface area contributed by atoms with E-state index in [1.165, 1.54) is 35.3 Å². The Kier molecular flexibility index (Phi) is 9.87. The molecular formula is C32H27BrClFN2O6S. The largest absolute Gasteiger partial charge is 0.490 e. The van der Waals surface area contributed by atoms with Crippen molar-refractivity contribution in [1.29, 1.82) is 0 Å². The molecule has 1 aliphatic rings. The van der Waals surface area contributed by atoms with Crippen LogP contribution in [-0.4, -0.2) is 30.9 Å². The zero-order valence-electron chi connectivity index (χ0n) is 23.9. The summed E-state index contributed by atoms with van der Waals surface area (Å²) in [5.74, 6) is 0.406. The summed E-state index contributed by atoms with van der Waals surface area (Å²) in [6.45, 7) is 4.57. The zero-order valence-corrected chi connectivity index (χ0v) is 27.1. The monoisotopic (exact) mass is 700 g/mol. The van der Waals surface area contributed by atoms with E-state index in [4.69, 9.17) is 30.5 Å². The Morgan fingerprint density at radius 1 is 1.09 bits per heavy atom. The number of fused-ring (bicyclic) bond motifs is 1. The first-order valence-corrected chi connectivity index (χ1v) is 15.6. The average Bonchev–Trinajstić information content (AvgIpc) is 3.32. The summed E-state index contributed by atoms with van der Waals surface area (Å²) in [6, 6.07) is 14.2. The van der Waals surface area contributed by atoms with Crippen LogP contribution < -0.4 is 29.1 Å². The minimum absolute atomic E-state index is 0.0119. The lowest BCUT2D eigenvalue weighted by atomic mass is 9.97. The van der Waals surface area contributed by atoms with Crippen molar-refractivity contribution in [3.63, 3.8) is 0 Å². The molecule has 1 aromatic heterocycles. The van der Waals surface area contributed by atoms with Gasteiger partial charge in [-0.2, -0.15) is 0 Å². The highest BCUT2D eigenvalue weighted by Crippen LogP contribution is 2.36. The summed E-state index contributed by atoms with van der Waals surface area (Å²) in [7, 11) is 1.28. The van der Waals surface area contributed by atoms with E-state index in [1.54, 1.807) is 54.6 Å². The highest BCUT2D eigenvalue weighted by molar-refractivity contribution is 9.10. The summed E-state index contributed by atoms with van der Waals surface area (Å²) >= 11 is 11.2. The van der Waals surface area contributed by atoms with Crippen LogP contribution in [0, 0.1) is 5.82 Å². The van der Waals surface area contributed by atoms with Crippen molar-refractivity contribution >= 4 is 50.9 Å². The first-order valence-electron chi connectivity index (χ1n) is 13.6. The van der Waals surface area contributed by atoms with E-state index >= 15 is 0 Å². The van der Waals surface area contributed by atoms with E-state index in [1.807, 2.05) is 13.8 Å². The number of carbonyl (C=O) groups is 1. The molecule has 2 heterocycles. The van der Waals surface area contributed by atoms with Gasteiger partial charge >= 0.3 is 5.97 Å². The number of nitrogens with zero attached hydrogens (tertiary/aromatic N) is 2. The number of thiazole rings is 1. The van der Waals surface area contributed by atoms with Gasteiger partial charge in [0.2, 0.25) is 0 Å². The number of halogens is 3. The molecule has 12 heteroatoms. The SMILES string of the molecule is CCOc1ccc([C@@H]2C(C(=O)OC)=CN=c3s/c(=C\c4cc(Cl)c(OCc5ccccc5F)c(Br)c4)c(=O)n32)cc1OCC. The number of rotatable bonds is 10. The fraction of sp³-hybridized carbons (Fsp3) is 0.219. The predicted molar refractivity (Wildman–Crippen MR) is 170 cm³/mol. The van der Waals surface area contributed by atoms with Crippen molar-refractivity contribution in [2.45, 2.75) is 26.5 Å². The van der Waals surface area contributed by atoms with Crippen molar-refractivity contribution in [3.05, 3.63) is 118 Å². The first kappa shape index (κ1) is 31.5. The molecule has 0 N–H and O–H groups in total. The van der Waals surface area contributed by atoms with E-state index < -0.39 is 12.0 Å². The molecule has 4 aromatic rings. The van der Waals surface area contributed by atoms with Gasteiger partial charge in [-0.25, -0.2) is 14.2 Å². The quantitative estimate of drug-likeness (QED) is 0.190. The van der Waals surface area contributed by atoms with Crippen LogP contribution in [0.15, 0.2) is 80.6 Å². The van der Waals surface area contributed by atoms with Gasteiger partial charge in [-0.15, -0.1) is 0 Å². The Labute approximate surface area is 269 Å². The van der Waals surface area contributed by atoms with Gasteiger partial charge in [-0.1, -0.05) is 47.2 Å². The van der Waals surface area contributed by atoms with E-state index in [0.29, 0.717) is 61.0 Å². The van der Waals surface area contributed by atoms with Crippen LogP contribution in [0.5, 0.6) is 17.2 Å². The Balaban J connectivity index is 1.55.